The van der Waals surface area contributed by atoms with Crippen LogP contribution in [0.2, 0.25) is 0 Å². The van der Waals surface area contributed by atoms with Crippen molar-refractivity contribution in [1.29, 1.82) is 0 Å². The molecule has 0 unspecified atom stereocenters. The van der Waals surface area contributed by atoms with Crippen molar-refractivity contribution in [1.82, 2.24) is 0 Å². The second-order valence-corrected chi connectivity index (χ2v) is 9.85. The van der Waals surface area contributed by atoms with Crippen molar-refractivity contribution in [2.75, 3.05) is 5.32 Å². The van der Waals surface area contributed by atoms with Crippen LogP contribution in [-0.2, 0) is 22.5 Å². The maximum atomic E-state index is 12.6. The normalized spacial score (nSPS) is 10.2. The van der Waals surface area contributed by atoms with Crippen LogP contribution in [-0.4, -0.2) is 17.0 Å². The Morgan fingerprint density at radius 3 is 1.75 bits per heavy atom. The smallest absolute Gasteiger partial charge is 0.335 e. The number of amides is 1. The third kappa shape index (κ3) is 10.3. The van der Waals surface area contributed by atoms with Gasteiger partial charge in [0.05, 0.1) is 28.2 Å². The fourth-order valence-corrected chi connectivity index (χ4v) is 4.28. The van der Waals surface area contributed by atoms with Crippen LogP contribution in [0.5, 0.6) is 11.5 Å². The van der Waals surface area contributed by atoms with E-state index >= 15 is 0 Å². The number of carboxylic acids is 1. The highest BCUT2D eigenvalue weighted by molar-refractivity contribution is 7.94. The van der Waals surface area contributed by atoms with Gasteiger partial charge >= 0.3 is 5.97 Å². The molecule has 9 nitrogen and oxygen atoms in total. The van der Waals surface area contributed by atoms with Crippen molar-refractivity contribution in [3.8, 4) is 11.5 Å². The number of anilines is 1. The number of carboxylic acid groups (broad SMARTS) is 1. The van der Waals surface area contributed by atoms with Crippen molar-refractivity contribution in [2.45, 2.75) is 18.1 Å². The predicted octanol–water partition coefficient (Wildman–Crippen LogP) is 7.31. The van der Waals surface area contributed by atoms with E-state index in [-0.39, 0.29) is 11.5 Å². The first-order chi connectivity index (χ1) is 21.5. The zero-order valence-electron chi connectivity index (χ0n) is 23.5. The summed E-state index contributed by atoms with van der Waals surface area (Å²) >= 11 is 0.906. The number of carbonyl (C=O) groups excluding carboxylic acids is 1. The van der Waals surface area contributed by atoms with Crippen LogP contribution in [0.4, 0.5) is 5.69 Å². The van der Waals surface area contributed by atoms with Gasteiger partial charge in [-0.15, -0.1) is 9.32 Å². The molecule has 1 amide bonds. The quantitative estimate of drug-likeness (QED) is 0.0756. The number of rotatable bonds is 12. The van der Waals surface area contributed by atoms with E-state index in [4.69, 9.17) is 20.5 Å². The second-order valence-electron chi connectivity index (χ2n) is 9.11. The molecule has 0 heterocycles. The number of hydrogen-bond acceptors (Lipinski definition) is 8. The fourth-order valence-electron chi connectivity index (χ4n) is 3.82. The van der Waals surface area contributed by atoms with E-state index in [2.05, 4.69) is 14.6 Å². The van der Waals surface area contributed by atoms with Crippen LogP contribution in [0.15, 0.2) is 138 Å². The van der Waals surface area contributed by atoms with Crippen molar-refractivity contribution in [3.05, 3.63) is 156 Å². The summed E-state index contributed by atoms with van der Waals surface area (Å²) in [6, 6.07) is 40.2. The Kier molecular flexibility index (Phi) is 12.4. The molecular formula is C34H30N2O7S. The molecule has 0 saturated carbocycles. The first kappa shape index (κ1) is 31.8. The Balaban J connectivity index is 0.000000223. The predicted molar refractivity (Wildman–Crippen MR) is 168 cm³/mol. The zero-order valence-corrected chi connectivity index (χ0v) is 24.3. The van der Waals surface area contributed by atoms with Crippen molar-refractivity contribution in [3.63, 3.8) is 0 Å². The van der Waals surface area contributed by atoms with Gasteiger partial charge in [0.1, 0.15) is 24.7 Å². The molecule has 10 heteroatoms. The van der Waals surface area contributed by atoms with Gasteiger partial charge < -0.3 is 19.9 Å². The van der Waals surface area contributed by atoms with E-state index in [0.717, 1.165) is 23.2 Å². The second kappa shape index (κ2) is 17.1. The lowest BCUT2D eigenvalue weighted by atomic mass is 10.2. The molecule has 5 aromatic rings. The third-order valence-corrected chi connectivity index (χ3v) is 6.65. The Labute approximate surface area is 259 Å². The lowest BCUT2D eigenvalue weighted by Crippen LogP contribution is -2.12. The highest BCUT2D eigenvalue weighted by Crippen LogP contribution is 2.28. The van der Waals surface area contributed by atoms with Crippen LogP contribution in [0.1, 0.15) is 31.8 Å². The molecule has 0 aliphatic carbocycles. The van der Waals surface area contributed by atoms with E-state index in [9.17, 15) is 9.59 Å². The lowest BCUT2D eigenvalue weighted by Gasteiger charge is -2.11. The summed E-state index contributed by atoms with van der Waals surface area (Å²) < 4.78 is 16.0. The summed E-state index contributed by atoms with van der Waals surface area (Å²) in [6.07, 6.45) is 0. The molecule has 5 rings (SSSR count). The van der Waals surface area contributed by atoms with Crippen molar-refractivity contribution in [2.24, 2.45) is 5.90 Å². The molecule has 44 heavy (non-hydrogen) atoms. The van der Waals surface area contributed by atoms with Crippen LogP contribution >= 0.6 is 12.0 Å². The van der Waals surface area contributed by atoms with Crippen LogP contribution in [0, 0.1) is 0 Å². The number of hydrogen-bond donors (Lipinski definition) is 3. The monoisotopic (exact) mass is 610 g/mol. The van der Waals surface area contributed by atoms with Gasteiger partial charge in [0.2, 0.25) is 0 Å². The zero-order chi connectivity index (χ0) is 31.0. The fraction of sp³-hybridized carbons (Fsp3) is 0.0588. The Bertz CT molecular complexity index is 1640. The topological polar surface area (TPSA) is 129 Å². The summed E-state index contributed by atoms with van der Waals surface area (Å²) in [6.45, 7) is 0.867. The van der Waals surface area contributed by atoms with Crippen molar-refractivity contribution < 1.29 is 33.5 Å². The number of ether oxygens (including phenoxy) is 2. The highest BCUT2D eigenvalue weighted by Gasteiger charge is 2.11. The third-order valence-electron chi connectivity index (χ3n) is 5.97. The van der Waals surface area contributed by atoms with Crippen LogP contribution in [0.3, 0.4) is 0 Å². The molecule has 0 radical (unpaired) electrons. The first-order valence-corrected chi connectivity index (χ1v) is 14.1. The van der Waals surface area contributed by atoms with Gasteiger partial charge in [-0.1, -0.05) is 84.9 Å². The molecule has 0 spiro atoms. The number of para-hydroxylation sites is 1. The van der Waals surface area contributed by atoms with Gasteiger partial charge in [-0.2, -0.15) is 5.90 Å². The average Bonchev–Trinajstić information content (AvgIpc) is 3.07. The molecule has 0 aliphatic rings. The minimum absolute atomic E-state index is 0.232. The number of nitrogens with one attached hydrogen (secondary N) is 1. The average molecular weight is 611 g/mol. The van der Waals surface area contributed by atoms with Gasteiger partial charge in [0.15, 0.2) is 0 Å². The Morgan fingerprint density at radius 1 is 0.659 bits per heavy atom. The maximum Gasteiger partial charge on any atom is 0.335 e. The summed E-state index contributed by atoms with van der Waals surface area (Å²) in [5, 5.41) is 11.7. The maximum absolute atomic E-state index is 12.6. The van der Waals surface area contributed by atoms with Crippen LogP contribution in [0.25, 0.3) is 0 Å². The van der Waals surface area contributed by atoms with Gasteiger partial charge in [-0.25, -0.2) is 4.79 Å². The molecular weight excluding hydrogens is 580 g/mol. The van der Waals surface area contributed by atoms with E-state index in [0.29, 0.717) is 40.9 Å². The Morgan fingerprint density at radius 2 is 1.18 bits per heavy atom. The molecule has 224 valence electrons. The molecule has 0 fully saturated rings. The molecule has 5 aromatic carbocycles. The van der Waals surface area contributed by atoms with E-state index in [1.54, 1.807) is 42.5 Å². The molecule has 0 bridgehead atoms. The van der Waals surface area contributed by atoms with E-state index in [1.807, 2.05) is 78.9 Å². The van der Waals surface area contributed by atoms with E-state index in [1.165, 1.54) is 12.1 Å². The molecule has 0 aliphatic heterocycles. The van der Waals surface area contributed by atoms with E-state index < -0.39 is 5.97 Å². The highest BCUT2D eigenvalue weighted by atomic mass is 32.2. The number of nitrogens with two attached hydrogens (primary N) is 1. The van der Waals surface area contributed by atoms with Gasteiger partial charge in [0.25, 0.3) is 5.91 Å². The van der Waals surface area contributed by atoms with Crippen LogP contribution < -0.4 is 20.7 Å². The molecule has 0 aromatic heterocycles. The molecule has 0 atom stereocenters. The molecule has 4 N–H and O–H groups in total. The Hall–Kier alpha value is -5.13. The minimum atomic E-state index is -0.949. The summed E-state index contributed by atoms with van der Waals surface area (Å²) in [5.74, 6) is 4.83. The SMILES string of the molecule is NOOSc1ccccc1NC(=O)c1cccc(OCc2ccccc2)c1.O=C(O)c1cccc(OCc2ccccc2)c1. The summed E-state index contributed by atoms with van der Waals surface area (Å²) in [4.78, 5) is 28.1. The molecule has 0 saturated heterocycles. The number of carbonyl (C=O) groups is 2. The van der Waals surface area contributed by atoms with Gasteiger partial charge in [-0.3, -0.25) is 4.79 Å². The summed E-state index contributed by atoms with van der Waals surface area (Å²) in [7, 11) is 0. The number of aromatic carboxylic acids is 1. The van der Waals surface area contributed by atoms with Gasteiger partial charge in [-0.05, 0) is 59.7 Å². The standard InChI is InChI=1S/C20H18N2O4S.C14H12O3/c21-25-26-27-19-12-5-4-11-18(19)22-20(23)16-9-6-10-17(13-16)24-14-15-7-2-1-3-8-15;15-14(16)12-7-4-8-13(9-12)17-10-11-5-2-1-3-6-11/h1-13H,14,21H2,(H,22,23);1-9H,10H2,(H,15,16). The number of benzene rings is 5. The summed E-state index contributed by atoms with van der Waals surface area (Å²) in [5.41, 5.74) is 3.40. The minimum Gasteiger partial charge on any atom is -0.489 e. The van der Waals surface area contributed by atoms with Gasteiger partial charge in [0, 0.05) is 5.56 Å². The first-order valence-electron chi connectivity index (χ1n) is 13.4. The largest absolute Gasteiger partial charge is 0.489 e. The van der Waals surface area contributed by atoms with Crippen molar-refractivity contribution >= 4 is 29.6 Å². The lowest BCUT2D eigenvalue weighted by molar-refractivity contribution is -0.195.